The molecule has 0 amide bonds. The molecule has 0 aliphatic rings. The van der Waals surface area contributed by atoms with Crippen molar-refractivity contribution >= 4 is 11.9 Å². The van der Waals surface area contributed by atoms with Crippen LogP contribution in [0.15, 0.2) is 16.7 Å². The number of nitrogens with one attached hydrogen (secondary N) is 1. The Morgan fingerprint density at radius 3 is 2.93 bits per heavy atom. The van der Waals surface area contributed by atoms with Crippen LogP contribution < -0.4 is 5.32 Å². The molecule has 15 heavy (non-hydrogen) atoms. The van der Waals surface area contributed by atoms with E-state index in [1.165, 1.54) is 13.4 Å². The average Bonchev–Trinajstić information content (AvgIpc) is 2.64. The van der Waals surface area contributed by atoms with Crippen LogP contribution in [0.3, 0.4) is 0 Å². The van der Waals surface area contributed by atoms with Crippen LogP contribution in [-0.2, 0) is 16.1 Å². The maximum atomic E-state index is 11.1. The smallest absolute Gasteiger partial charge is 0.374 e. The maximum Gasteiger partial charge on any atom is 0.374 e. The molecule has 1 aromatic heterocycles. The first-order valence-corrected chi connectivity index (χ1v) is 4.22. The summed E-state index contributed by atoms with van der Waals surface area (Å²) in [5, 5.41) is 11.0. The number of rotatable bonds is 5. The quantitative estimate of drug-likeness (QED) is 0.681. The van der Waals surface area contributed by atoms with E-state index in [-0.39, 0.29) is 18.8 Å². The van der Waals surface area contributed by atoms with Crippen LogP contribution in [-0.4, -0.2) is 30.7 Å². The highest BCUT2D eigenvalue weighted by molar-refractivity contribution is 5.87. The van der Waals surface area contributed by atoms with Gasteiger partial charge in [-0.1, -0.05) is 0 Å². The van der Waals surface area contributed by atoms with E-state index in [0.29, 0.717) is 5.56 Å². The zero-order valence-corrected chi connectivity index (χ0v) is 8.15. The molecule has 0 aliphatic carbocycles. The molecule has 0 unspecified atom stereocenters. The summed E-state index contributed by atoms with van der Waals surface area (Å²) in [6, 6.07) is 1.58. The topological polar surface area (TPSA) is 88.8 Å². The van der Waals surface area contributed by atoms with Crippen molar-refractivity contribution in [1.29, 1.82) is 0 Å². The molecule has 0 aromatic carbocycles. The van der Waals surface area contributed by atoms with Gasteiger partial charge in [-0.15, -0.1) is 0 Å². The van der Waals surface area contributed by atoms with Gasteiger partial charge in [-0.25, -0.2) is 4.79 Å². The van der Waals surface area contributed by atoms with Crippen LogP contribution in [0.4, 0.5) is 0 Å². The third kappa shape index (κ3) is 3.10. The Kier molecular flexibility index (Phi) is 3.87. The average molecular weight is 213 g/mol. The second-order valence-electron chi connectivity index (χ2n) is 2.76. The fourth-order valence-corrected chi connectivity index (χ4v) is 1.05. The lowest BCUT2D eigenvalue weighted by Crippen LogP contribution is -2.22. The second kappa shape index (κ2) is 5.16. The van der Waals surface area contributed by atoms with Gasteiger partial charge in [-0.3, -0.25) is 4.79 Å². The molecular weight excluding hydrogens is 202 g/mol. The first-order chi connectivity index (χ1) is 7.15. The number of carbonyl (C=O) groups excluding carboxylic acids is 1. The third-order valence-corrected chi connectivity index (χ3v) is 1.71. The Hall–Kier alpha value is -1.82. The van der Waals surface area contributed by atoms with E-state index in [9.17, 15) is 9.59 Å². The van der Waals surface area contributed by atoms with Gasteiger partial charge in [0, 0.05) is 12.1 Å². The molecule has 0 fully saturated rings. The van der Waals surface area contributed by atoms with E-state index >= 15 is 0 Å². The number of hydrogen-bond acceptors (Lipinski definition) is 5. The van der Waals surface area contributed by atoms with Gasteiger partial charge in [0.2, 0.25) is 5.76 Å². The summed E-state index contributed by atoms with van der Waals surface area (Å²) in [7, 11) is 1.25. The number of methoxy groups -OCH3 is 1. The van der Waals surface area contributed by atoms with Gasteiger partial charge in [-0.2, -0.15) is 0 Å². The highest BCUT2D eigenvalue weighted by Gasteiger charge is 2.15. The lowest BCUT2D eigenvalue weighted by atomic mass is 10.2. The molecule has 0 bridgehead atoms. The Balaban J connectivity index is 2.57. The summed E-state index contributed by atoms with van der Waals surface area (Å²) in [5.41, 5.74) is 0.572. The number of furan rings is 1. The number of carboxylic acid groups (broad SMARTS) is 1. The van der Waals surface area contributed by atoms with E-state index in [1.807, 2.05) is 0 Å². The second-order valence-corrected chi connectivity index (χ2v) is 2.76. The first kappa shape index (κ1) is 11.3. The summed E-state index contributed by atoms with van der Waals surface area (Å²) < 4.78 is 9.40. The SMILES string of the molecule is COC(=O)c1occc1CNCC(=O)O. The number of hydrogen-bond donors (Lipinski definition) is 2. The van der Waals surface area contributed by atoms with Gasteiger partial charge in [0.05, 0.1) is 19.9 Å². The highest BCUT2D eigenvalue weighted by Crippen LogP contribution is 2.11. The van der Waals surface area contributed by atoms with E-state index in [2.05, 4.69) is 10.1 Å². The first-order valence-electron chi connectivity index (χ1n) is 4.22. The Labute approximate surface area is 85.8 Å². The van der Waals surface area contributed by atoms with Crippen molar-refractivity contribution in [3.63, 3.8) is 0 Å². The number of aliphatic carboxylic acids is 1. The summed E-state index contributed by atoms with van der Waals surface area (Å²) in [6.45, 7) is 0.0685. The van der Waals surface area contributed by atoms with Gasteiger partial charge in [0.25, 0.3) is 0 Å². The van der Waals surface area contributed by atoms with Crippen molar-refractivity contribution < 1.29 is 23.8 Å². The molecular formula is C9H11NO5. The van der Waals surface area contributed by atoms with Crippen molar-refractivity contribution in [1.82, 2.24) is 5.32 Å². The molecule has 0 saturated carbocycles. The molecule has 1 heterocycles. The van der Waals surface area contributed by atoms with Crippen molar-refractivity contribution in [3.05, 3.63) is 23.7 Å². The minimum atomic E-state index is -0.960. The highest BCUT2D eigenvalue weighted by atomic mass is 16.5. The lowest BCUT2D eigenvalue weighted by molar-refractivity contribution is -0.136. The molecule has 6 nitrogen and oxygen atoms in total. The van der Waals surface area contributed by atoms with Crippen molar-refractivity contribution in [2.24, 2.45) is 0 Å². The van der Waals surface area contributed by atoms with Gasteiger partial charge in [0.15, 0.2) is 0 Å². The minimum Gasteiger partial charge on any atom is -0.480 e. The lowest BCUT2D eigenvalue weighted by Gasteiger charge is -2.01. The minimum absolute atomic E-state index is 0.0930. The fourth-order valence-electron chi connectivity index (χ4n) is 1.05. The number of carboxylic acids is 1. The standard InChI is InChI=1S/C9H11NO5/c1-14-9(13)8-6(2-3-15-8)4-10-5-7(11)12/h2-3,10H,4-5H2,1H3,(H,11,12). The van der Waals surface area contributed by atoms with Gasteiger partial charge in [0.1, 0.15) is 0 Å². The maximum absolute atomic E-state index is 11.1. The van der Waals surface area contributed by atoms with Crippen molar-refractivity contribution in [2.75, 3.05) is 13.7 Å². The number of esters is 1. The van der Waals surface area contributed by atoms with E-state index in [4.69, 9.17) is 9.52 Å². The molecule has 82 valence electrons. The van der Waals surface area contributed by atoms with Crippen LogP contribution in [0.5, 0.6) is 0 Å². The zero-order chi connectivity index (χ0) is 11.3. The molecule has 6 heteroatoms. The Morgan fingerprint density at radius 1 is 1.60 bits per heavy atom. The molecule has 1 rings (SSSR count). The van der Waals surface area contributed by atoms with Gasteiger partial charge < -0.3 is 19.6 Å². The summed E-state index contributed by atoms with van der Waals surface area (Å²) in [6.07, 6.45) is 1.35. The number of ether oxygens (including phenoxy) is 1. The van der Waals surface area contributed by atoms with Crippen molar-refractivity contribution in [3.8, 4) is 0 Å². The predicted molar refractivity (Wildman–Crippen MR) is 49.4 cm³/mol. The normalized spacial score (nSPS) is 9.93. The molecule has 0 radical (unpaired) electrons. The van der Waals surface area contributed by atoms with E-state index < -0.39 is 11.9 Å². The van der Waals surface area contributed by atoms with Crippen LogP contribution in [0.1, 0.15) is 16.1 Å². The van der Waals surface area contributed by atoms with Crippen LogP contribution in [0.25, 0.3) is 0 Å². The van der Waals surface area contributed by atoms with Crippen LogP contribution >= 0.6 is 0 Å². The van der Waals surface area contributed by atoms with Gasteiger partial charge in [-0.05, 0) is 6.07 Å². The largest absolute Gasteiger partial charge is 0.480 e. The predicted octanol–water partition coefficient (Wildman–Crippen LogP) is 0.240. The fraction of sp³-hybridized carbons (Fsp3) is 0.333. The Bertz CT molecular complexity index is 357. The molecule has 1 aromatic rings. The zero-order valence-electron chi connectivity index (χ0n) is 8.15. The van der Waals surface area contributed by atoms with E-state index in [0.717, 1.165) is 0 Å². The van der Waals surface area contributed by atoms with Crippen molar-refractivity contribution in [2.45, 2.75) is 6.54 Å². The molecule has 0 spiro atoms. The molecule has 0 atom stereocenters. The Morgan fingerprint density at radius 2 is 2.33 bits per heavy atom. The van der Waals surface area contributed by atoms with Crippen LogP contribution in [0.2, 0.25) is 0 Å². The van der Waals surface area contributed by atoms with E-state index in [1.54, 1.807) is 6.07 Å². The summed E-state index contributed by atoms with van der Waals surface area (Å²) >= 11 is 0. The monoisotopic (exact) mass is 213 g/mol. The van der Waals surface area contributed by atoms with Gasteiger partial charge >= 0.3 is 11.9 Å². The summed E-state index contributed by atoms with van der Waals surface area (Å²) in [5.74, 6) is -1.44. The number of carbonyl (C=O) groups is 2. The third-order valence-electron chi connectivity index (χ3n) is 1.71. The molecule has 0 aliphatic heterocycles. The summed E-state index contributed by atoms with van der Waals surface area (Å²) in [4.78, 5) is 21.4. The molecule has 2 N–H and O–H groups in total. The van der Waals surface area contributed by atoms with Crippen LogP contribution in [0, 0.1) is 0 Å². The molecule has 0 saturated heterocycles.